The first-order valence-electron chi connectivity index (χ1n) is 7.95. The van der Waals surface area contributed by atoms with Gasteiger partial charge in [0.15, 0.2) is 6.61 Å². The minimum atomic E-state index is -4.44. The van der Waals surface area contributed by atoms with Gasteiger partial charge in [-0.2, -0.15) is 13.2 Å². The number of anilines is 1. The van der Waals surface area contributed by atoms with E-state index < -0.39 is 30.1 Å². The Morgan fingerprint density at radius 1 is 1.15 bits per heavy atom. The summed E-state index contributed by atoms with van der Waals surface area (Å²) in [6.45, 7) is 0.805. The van der Waals surface area contributed by atoms with E-state index in [2.05, 4.69) is 10.6 Å². The highest BCUT2D eigenvalue weighted by Gasteiger charge is 2.30. The third-order valence-electron chi connectivity index (χ3n) is 4.03. The molecule has 1 aliphatic rings. The third kappa shape index (κ3) is 4.13. The molecule has 0 fully saturated rings. The molecule has 2 aromatic carbocycles. The van der Waals surface area contributed by atoms with Gasteiger partial charge in [0.2, 0.25) is 0 Å². The van der Waals surface area contributed by atoms with Gasteiger partial charge in [-0.1, -0.05) is 6.07 Å². The second-order valence-electron chi connectivity index (χ2n) is 5.85. The molecule has 0 bridgehead atoms. The number of amides is 1. The maximum Gasteiger partial charge on any atom is 0.416 e. The number of nitrogens with one attached hydrogen (secondary N) is 2. The zero-order valence-electron chi connectivity index (χ0n) is 13.6. The lowest BCUT2D eigenvalue weighted by Crippen LogP contribution is -2.26. The van der Waals surface area contributed by atoms with Gasteiger partial charge in [0, 0.05) is 6.54 Å². The average Bonchev–Trinajstić information content (AvgIpc) is 2.62. The SMILES string of the molecule is O=C(COc1ccc(C(F)(F)F)cc1)Nc1ccc2c(c1F)CCNC2. The zero-order valence-corrected chi connectivity index (χ0v) is 13.6. The van der Waals surface area contributed by atoms with Gasteiger partial charge in [-0.15, -0.1) is 0 Å². The monoisotopic (exact) mass is 368 g/mol. The Kier molecular flexibility index (Phi) is 5.13. The summed E-state index contributed by atoms with van der Waals surface area (Å²) in [4.78, 5) is 11.9. The normalized spacial score (nSPS) is 13.8. The summed E-state index contributed by atoms with van der Waals surface area (Å²) in [5.41, 5.74) is 0.685. The van der Waals surface area contributed by atoms with Crippen LogP contribution in [-0.4, -0.2) is 19.1 Å². The number of rotatable bonds is 4. The molecule has 1 heterocycles. The number of carbonyl (C=O) groups excluding carboxylic acids is 1. The zero-order chi connectivity index (χ0) is 18.7. The molecule has 138 valence electrons. The van der Waals surface area contributed by atoms with E-state index in [0.29, 0.717) is 25.1 Å². The van der Waals surface area contributed by atoms with Gasteiger partial charge in [-0.3, -0.25) is 4.79 Å². The van der Waals surface area contributed by atoms with Crippen LogP contribution in [0.4, 0.5) is 23.2 Å². The number of halogens is 4. The van der Waals surface area contributed by atoms with Gasteiger partial charge in [0.1, 0.15) is 11.6 Å². The number of alkyl halides is 3. The summed E-state index contributed by atoms with van der Waals surface area (Å²) in [6.07, 6.45) is -3.90. The smallest absolute Gasteiger partial charge is 0.416 e. The highest BCUT2D eigenvalue weighted by atomic mass is 19.4. The number of fused-ring (bicyclic) bond motifs is 1. The molecule has 0 aromatic heterocycles. The van der Waals surface area contributed by atoms with Crippen LogP contribution in [0.3, 0.4) is 0 Å². The van der Waals surface area contributed by atoms with Crippen LogP contribution in [0.5, 0.6) is 5.75 Å². The lowest BCUT2D eigenvalue weighted by molar-refractivity contribution is -0.137. The number of ether oxygens (including phenoxy) is 1. The average molecular weight is 368 g/mol. The molecule has 0 unspecified atom stereocenters. The summed E-state index contributed by atoms with van der Waals surface area (Å²) in [6, 6.07) is 7.22. The van der Waals surface area contributed by atoms with Crippen molar-refractivity contribution in [3.63, 3.8) is 0 Å². The van der Waals surface area contributed by atoms with Gasteiger partial charge in [0.25, 0.3) is 5.91 Å². The topological polar surface area (TPSA) is 50.4 Å². The molecule has 4 nitrogen and oxygen atoms in total. The van der Waals surface area contributed by atoms with Crippen molar-refractivity contribution < 1.29 is 27.1 Å². The highest BCUT2D eigenvalue weighted by Crippen LogP contribution is 2.30. The summed E-state index contributed by atoms with van der Waals surface area (Å²) in [7, 11) is 0. The van der Waals surface area contributed by atoms with E-state index in [-0.39, 0.29) is 11.4 Å². The van der Waals surface area contributed by atoms with E-state index in [1.54, 1.807) is 6.07 Å². The third-order valence-corrected chi connectivity index (χ3v) is 4.03. The van der Waals surface area contributed by atoms with Crippen LogP contribution < -0.4 is 15.4 Å². The molecule has 0 atom stereocenters. The Morgan fingerprint density at radius 3 is 2.58 bits per heavy atom. The molecule has 2 aromatic rings. The molecule has 0 radical (unpaired) electrons. The molecular formula is C18H16F4N2O2. The summed E-state index contributed by atoms with van der Waals surface area (Å²) < 4.78 is 57.1. The molecule has 1 aliphatic heterocycles. The largest absolute Gasteiger partial charge is 0.484 e. The lowest BCUT2D eigenvalue weighted by Gasteiger charge is -2.19. The van der Waals surface area contributed by atoms with E-state index in [0.717, 1.165) is 29.8 Å². The fourth-order valence-corrected chi connectivity index (χ4v) is 2.71. The molecular weight excluding hydrogens is 352 g/mol. The summed E-state index contributed by atoms with van der Waals surface area (Å²) in [5.74, 6) is -0.949. The van der Waals surface area contributed by atoms with E-state index >= 15 is 0 Å². The highest BCUT2D eigenvalue weighted by molar-refractivity contribution is 5.92. The van der Waals surface area contributed by atoms with Crippen LogP contribution in [0, 0.1) is 5.82 Å². The van der Waals surface area contributed by atoms with Crippen molar-refractivity contribution in [1.82, 2.24) is 5.32 Å². The van der Waals surface area contributed by atoms with Crippen molar-refractivity contribution in [2.45, 2.75) is 19.1 Å². The Hall–Kier alpha value is -2.61. The van der Waals surface area contributed by atoms with Crippen molar-refractivity contribution in [1.29, 1.82) is 0 Å². The molecule has 2 N–H and O–H groups in total. The second-order valence-corrected chi connectivity index (χ2v) is 5.85. The maximum absolute atomic E-state index is 14.4. The first-order valence-corrected chi connectivity index (χ1v) is 7.95. The molecule has 0 spiro atoms. The van der Waals surface area contributed by atoms with E-state index in [1.807, 2.05) is 0 Å². The quantitative estimate of drug-likeness (QED) is 0.812. The molecule has 0 saturated carbocycles. The molecule has 1 amide bonds. The first-order chi connectivity index (χ1) is 12.3. The molecule has 0 saturated heterocycles. The predicted molar refractivity (Wildman–Crippen MR) is 87.4 cm³/mol. The predicted octanol–water partition coefficient (Wildman–Crippen LogP) is 3.51. The van der Waals surface area contributed by atoms with E-state index in [1.165, 1.54) is 6.07 Å². The Morgan fingerprint density at radius 2 is 1.88 bits per heavy atom. The minimum Gasteiger partial charge on any atom is -0.484 e. The number of hydrogen-bond donors (Lipinski definition) is 2. The van der Waals surface area contributed by atoms with Gasteiger partial charge < -0.3 is 15.4 Å². The van der Waals surface area contributed by atoms with E-state index in [9.17, 15) is 22.4 Å². The van der Waals surface area contributed by atoms with Crippen LogP contribution in [0.15, 0.2) is 36.4 Å². The Bertz CT molecular complexity index is 804. The van der Waals surface area contributed by atoms with Crippen molar-refractivity contribution in [3.8, 4) is 5.75 Å². The lowest BCUT2D eigenvalue weighted by atomic mass is 9.99. The number of carbonyl (C=O) groups is 1. The number of hydrogen-bond acceptors (Lipinski definition) is 3. The molecule has 8 heteroatoms. The Labute approximate surface area is 147 Å². The van der Waals surface area contributed by atoms with Crippen LogP contribution in [0.1, 0.15) is 16.7 Å². The fraction of sp³-hybridized carbons (Fsp3) is 0.278. The minimum absolute atomic E-state index is 0.0617. The van der Waals surface area contributed by atoms with Crippen molar-refractivity contribution in [3.05, 3.63) is 58.9 Å². The summed E-state index contributed by atoms with van der Waals surface area (Å²) in [5, 5.41) is 5.56. The fourth-order valence-electron chi connectivity index (χ4n) is 2.71. The Balaban J connectivity index is 1.59. The van der Waals surface area contributed by atoms with Crippen LogP contribution >= 0.6 is 0 Å². The molecule has 0 aliphatic carbocycles. The van der Waals surface area contributed by atoms with Gasteiger partial charge in [0.05, 0.1) is 11.3 Å². The maximum atomic E-state index is 14.4. The van der Waals surface area contributed by atoms with Gasteiger partial charge in [-0.25, -0.2) is 4.39 Å². The standard InChI is InChI=1S/C18H16F4N2O2/c19-17-14-7-8-23-9-11(14)1-6-15(17)24-16(25)10-26-13-4-2-12(3-5-13)18(20,21)22/h1-6,23H,7-10H2,(H,24,25). The molecule has 26 heavy (non-hydrogen) atoms. The first kappa shape index (κ1) is 18.2. The van der Waals surface area contributed by atoms with Gasteiger partial charge >= 0.3 is 6.18 Å². The molecule has 3 rings (SSSR count). The summed E-state index contributed by atoms with van der Waals surface area (Å²) >= 11 is 0. The van der Waals surface area contributed by atoms with Crippen molar-refractivity contribution >= 4 is 11.6 Å². The van der Waals surface area contributed by atoms with E-state index in [4.69, 9.17) is 4.74 Å². The van der Waals surface area contributed by atoms with Crippen molar-refractivity contribution in [2.24, 2.45) is 0 Å². The van der Waals surface area contributed by atoms with Crippen LogP contribution in [0.25, 0.3) is 0 Å². The van der Waals surface area contributed by atoms with Crippen molar-refractivity contribution in [2.75, 3.05) is 18.5 Å². The van der Waals surface area contributed by atoms with Crippen LogP contribution in [0.2, 0.25) is 0 Å². The number of benzene rings is 2. The van der Waals surface area contributed by atoms with Gasteiger partial charge in [-0.05, 0) is 54.4 Å². The second kappa shape index (κ2) is 7.33. The van der Waals surface area contributed by atoms with Crippen LogP contribution in [-0.2, 0) is 23.9 Å².